The highest BCUT2D eigenvalue weighted by Crippen LogP contribution is 2.21. The van der Waals surface area contributed by atoms with Gasteiger partial charge in [0.25, 0.3) is 5.91 Å². The van der Waals surface area contributed by atoms with Crippen LogP contribution in [0.25, 0.3) is 0 Å². The highest BCUT2D eigenvalue weighted by Gasteiger charge is 2.23. The lowest BCUT2D eigenvalue weighted by atomic mass is 10.2. The van der Waals surface area contributed by atoms with Gasteiger partial charge >= 0.3 is 0 Å². The molecule has 0 aromatic carbocycles. The van der Waals surface area contributed by atoms with E-state index < -0.39 is 0 Å². The molecule has 1 atom stereocenters. The van der Waals surface area contributed by atoms with Crippen LogP contribution < -0.4 is 20.9 Å². The van der Waals surface area contributed by atoms with Crippen molar-refractivity contribution in [3.8, 4) is 0 Å². The number of nitrogens with zero attached hydrogens (tertiary/aromatic N) is 4. The number of hydrogen-bond acceptors (Lipinski definition) is 7. The number of anilines is 2. The molecule has 2 amide bonds. The van der Waals surface area contributed by atoms with E-state index in [0.717, 1.165) is 69.1 Å². The maximum atomic E-state index is 12.3. The Morgan fingerprint density at radius 3 is 2.69 bits per heavy atom. The van der Waals surface area contributed by atoms with Gasteiger partial charge in [0.05, 0.1) is 17.4 Å². The SMILES string of the molecule is CNC(=O)c1ccc(N2CCN(Cc3ccnc(NC(=O)C4CCCN4)c3)CC2)c(C)n1. The highest BCUT2D eigenvalue weighted by atomic mass is 16.2. The van der Waals surface area contributed by atoms with Crippen molar-refractivity contribution in [3.05, 3.63) is 47.4 Å². The molecule has 0 aliphatic carbocycles. The minimum absolute atomic E-state index is 0.00724. The summed E-state index contributed by atoms with van der Waals surface area (Å²) in [4.78, 5) is 37.6. The van der Waals surface area contributed by atoms with Crippen LogP contribution in [0.4, 0.5) is 11.5 Å². The number of carbonyl (C=O) groups excluding carboxylic acids is 2. The quantitative estimate of drug-likeness (QED) is 0.623. The van der Waals surface area contributed by atoms with Gasteiger partial charge in [0.2, 0.25) is 5.91 Å². The average Bonchev–Trinajstić information content (AvgIpc) is 3.35. The molecule has 2 saturated heterocycles. The van der Waals surface area contributed by atoms with Crippen molar-refractivity contribution in [2.24, 2.45) is 0 Å². The van der Waals surface area contributed by atoms with Crippen molar-refractivity contribution in [2.45, 2.75) is 32.4 Å². The third-order valence-electron chi connectivity index (χ3n) is 6.09. The molecule has 9 heteroatoms. The number of piperazine rings is 1. The Hall–Kier alpha value is -3.04. The molecule has 2 aliphatic heterocycles. The fourth-order valence-corrected chi connectivity index (χ4v) is 4.31. The van der Waals surface area contributed by atoms with Gasteiger partial charge in [-0.05, 0) is 56.1 Å². The zero-order chi connectivity index (χ0) is 22.5. The summed E-state index contributed by atoms with van der Waals surface area (Å²) < 4.78 is 0. The minimum Gasteiger partial charge on any atom is -0.368 e. The summed E-state index contributed by atoms with van der Waals surface area (Å²) in [5.41, 5.74) is 3.52. The zero-order valence-corrected chi connectivity index (χ0v) is 18.7. The van der Waals surface area contributed by atoms with E-state index in [1.807, 2.05) is 25.1 Å². The summed E-state index contributed by atoms with van der Waals surface area (Å²) in [6, 6.07) is 7.62. The highest BCUT2D eigenvalue weighted by molar-refractivity contribution is 5.94. The van der Waals surface area contributed by atoms with Crippen molar-refractivity contribution in [2.75, 3.05) is 50.0 Å². The number of pyridine rings is 2. The fraction of sp³-hybridized carbons (Fsp3) is 0.478. The van der Waals surface area contributed by atoms with Crippen LogP contribution in [0.1, 0.15) is 34.6 Å². The van der Waals surface area contributed by atoms with Gasteiger partial charge in [0, 0.05) is 46.0 Å². The maximum Gasteiger partial charge on any atom is 0.269 e. The first-order valence-corrected chi connectivity index (χ1v) is 11.2. The molecule has 4 heterocycles. The van der Waals surface area contributed by atoms with Crippen LogP contribution in [0.2, 0.25) is 0 Å². The largest absolute Gasteiger partial charge is 0.368 e. The molecular weight excluding hydrogens is 406 g/mol. The number of aryl methyl sites for hydroxylation is 1. The Morgan fingerprint density at radius 1 is 1.19 bits per heavy atom. The first-order valence-electron chi connectivity index (χ1n) is 11.2. The van der Waals surface area contributed by atoms with Crippen LogP contribution in [0.3, 0.4) is 0 Å². The molecule has 3 N–H and O–H groups in total. The van der Waals surface area contributed by atoms with E-state index in [9.17, 15) is 9.59 Å². The standard InChI is InChI=1S/C23H31N7O2/c1-16-20(6-5-19(27-16)22(31)24-2)30-12-10-29(11-13-30)15-17-7-9-26-21(14-17)28-23(32)18-4-3-8-25-18/h5-7,9,14,18,25H,3-4,8,10-13,15H2,1-2H3,(H,24,31)(H,26,28,32). The molecule has 170 valence electrons. The third kappa shape index (κ3) is 5.23. The van der Waals surface area contributed by atoms with E-state index in [2.05, 4.69) is 35.7 Å². The number of aromatic nitrogens is 2. The van der Waals surface area contributed by atoms with Gasteiger partial charge in [0.1, 0.15) is 11.5 Å². The summed E-state index contributed by atoms with van der Waals surface area (Å²) in [6.45, 7) is 7.29. The predicted molar refractivity (Wildman–Crippen MR) is 124 cm³/mol. The Bertz CT molecular complexity index is 967. The number of rotatable bonds is 6. The Labute approximate surface area is 188 Å². The first kappa shape index (κ1) is 22.2. The molecule has 32 heavy (non-hydrogen) atoms. The first-order chi connectivity index (χ1) is 15.5. The van der Waals surface area contributed by atoms with Crippen molar-refractivity contribution >= 4 is 23.3 Å². The molecule has 2 aromatic rings. The van der Waals surface area contributed by atoms with E-state index in [1.54, 1.807) is 19.3 Å². The van der Waals surface area contributed by atoms with Gasteiger partial charge in [-0.25, -0.2) is 9.97 Å². The van der Waals surface area contributed by atoms with E-state index in [4.69, 9.17) is 0 Å². The molecular formula is C23H31N7O2. The molecule has 0 bridgehead atoms. The monoisotopic (exact) mass is 437 g/mol. The number of carbonyl (C=O) groups is 2. The van der Waals surface area contributed by atoms with Crippen molar-refractivity contribution < 1.29 is 9.59 Å². The van der Waals surface area contributed by atoms with Crippen LogP contribution in [-0.2, 0) is 11.3 Å². The molecule has 9 nitrogen and oxygen atoms in total. The topological polar surface area (TPSA) is 102 Å². The minimum atomic E-state index is -0.170. The molecule has 0 radical (unpaired) electrons. The van der Waals surface area contributed by atoms with Crippen LogP contribution in [0.5, 0.6) is 0 Å². The van der Waals surface area contributed by atoms with E-state index in [1.165, 1.54) is 0 Å². The predicted octanol–water partition coefficient (Wildman–Crippen LogP) is 1.16. The second-order valence-corrected chi connectivity index (χ2v) is 8.33. The second kappa shape index (κ2) is 10.1. The lowest BCUT2D eigenvalue weighted by Gasteiger charge is -2.36. The van der Waals surface area contributed by atoms with Crippen molar-refractivity contribution in [3.63, 3.8) is 0 Å². The third-order valence-corrected chi connectivity index (χ3v) is 6.09. The van der Waals surface area contributed by atoms with Gasteiger partial charge in [-0.2, -0.15) is 0 Å². The van der Waals surface area contributed by atoms with Gasteiger partial charge in [-0.3, -0.25) is 14.5 Å². The van der Waals surface area contributed by atoms with Crippen LogP contribution in [0.15, 0.2) is 30.5 Å². The summed E-state index contributed by atoms with van der Waals surface area (Å²) in [6.07, 6.45) is 3.66. The van der Waals surface area contributed by atoms with E-state index >= 15 is 0 Å². The normalized spacial score (nSPS) is 19.1. The molecule has 0 saturated carbocycles. The van der Waals surface area contributed by atoms with Gasteiger partial charge < -0.3 is 20.9 Å². The van der Waals surface area contributed by atoms with Crippen LogP contribution in [-0.4, -0.2) is 72.5 Å². The number of nitrogens with one attached hydrogen (secondary N) is 3. The number of amides is 2. The smallest absolute Gasteiger partial charge is 0.269 e. The van der Waals surface area contributed by atoms with Gasteiger partial charge in [0.15, 0.2) is 0 Å². The summed E-state index contributed by atoms with van der Waals surface area (Å²) in [7, 11) is 1.61. The lowest BCUT2D eigenvalue weighted by Crippen LogP contribution is -2.46. The lowest BCUT2D eigenvalue weighted by molar-refractivity contribution is -0.117. The molecule has 2 aromatic heterocycles. The summed E-state index contributed by atoms with van der Waals surface area (Å²) in [5, 5.41) is 8.76. The van der Waals surface area contributed by atoms with Gasteiger partial charge in [-0.1, -0.05) is 0 Å². The van der Waals surface area contributed by atoms with Crippen LogP contribution >= 0.6 is 0 Å². The Balaban J connectivity index is 1.31. The molecule has 1 unspecified atom stereocenters. The Kier molecular flexibility index (Phi) is 6.96. The van der Waals surface area contributed by atoms with Crippen molar-refractivity contribution in [1.29, 1.82) is 0 Å². The van der Waals surface area contributed by atoms with Crippen molar-refractivity contribution in [1.82, 2.24) is 25.5 Å². The van der Waals surface area contributed by atoms with E-state index in [-0.39, 0.29) is 17.9 Å². The average molecular weight is 438 g/mol. The molecule has 2 fully saturated rings. The fourth-order valence-electron chi connectivity index (χ4n) is 4.31. The summed E-state index contributed by atoms with van der Waals surface area (Å²) in [5.74, 6) is 0.432. The maximum absolute atomic E-state index is 12.3. The second-order valence-electron chi connectivity index (χ2n) is 8.33. The van der Waals surface area contributed by atoms with Gasteiger partial charge in [-0.15, -0.1) is 0 Å². The number of hydrogen-bond donors (Lipinski definition) is 3. The Morgan fingerprint density at radius 2 is 2.00 bits per heavy atom. The summed E-state index contributed by atoms with van der Waals surface area (Å²) >= 11 is 0. The molecule has 2 aliphatic rings. The molecule has 0 spiro atoms. The van der Waals surface area contributed by atoms with E-state index in [0.29, 0.717) is 11.5 Å². The zero-order valence-electron chi connectivity index (χ0n) is 18.7. The molecule has 4 rings (SSSR count). The van der Waals surface area contributed by atoms with Crippen LogP contribution in [0, 0.1) is 6.92 Å².